The molecule has 1 spiro atoms. The largest absolute Gasteiger partial charge is 0.464 e. The fourth-order valence-corrected chi connectivity index (χ4v) is 2.40. The van der Waals surface area contributed by atoms with Gasteiger partial charge in [0, 0.05) is 0 Å². The Bertz CT molecular complexity index is 336. The van der Waals surface area contributed by atoms with Gasteiger partial charge in [-0.1, -0.05) is 0 Å². The zero-order chi connectivity index (χ0) is 8.34. The van der Waals surface area contributed by atoms with E-state index in [2.05, 4.69) is 6.07 Å². The Balaban J connectivity index is 2.10. The monoisotopic (exact) mass is 163 g/mol. The van der Waals surface area contributed by atoms with E-state index in [1.165, 1.54) is 18.4 Å². The van der Waals surface area contributed by atoms with E-state index in [1.807, 2.05) is 6.92 Å². The van der Waals surface area contributed by atoms with Crippen LogP contribution in [0.4, 0.5) is 0 Å². The topological polar surface area (TPSA) is 39.2 Å². The molecular weight excluding hydrogens is 150 g/mol. The minimum atomic E-state index is 0.182. The summed E-state index contributed by atoms with van der Waals surface area (Å²) in [6, 6.07) is 2.32. The molecule has 1 saturated carbocycles. The summed E-state index contributed by atoms with van der Waals surface area (Å²) in [4.78, 5) is 0. The van der Waals surface area contributed by atoms with Crippen molar-refractivity contribution in [2.24, 2.45) is 11.1 Å². The second-order valence-electron chi connectivity index (χ2n) is 4.26. The summed E-state index contributed by atoms with van der Waals surface area (Å²) in [6.07, 6.45) is 3.73. The molecule has 2 nitrogen and oxygen atoms in total. The van der Waals surface area contributed by atoms with E-state index in [0.29, 0.717) is 5.41 Å². The van der Waals surface area contributed by atoms with Gasteiger partial charge in [-0.15, -0.1) is 0 Å². The first-order valence-corrected chi connectivity index (χ1v) is 4.56. The summed E-state index contributed by atoms with van der Waals surface area (Å²) in [5.41, 5.74) is 7.88. The van der Waals surface area contributed by atoms with Crippen LogP contribution in [-0.2, 0) is 6.42 Å². The second-order valence-corrected chi connectivity index (χ2v) is 4.26. The van der Waals surface area contributed by atoms with Crippen LogP contribution in [-0.4, -0.2) is 0 Å². The first-order chi connectivity index (χ1) is 5.71. The molecule has 3 rings (SSSR count). The van der Waals surface area contributed by atoms with E-state index in [0.717, 1.165) is 17.9 Å². The Morgan fingerprint density at radius 3 is 2.92 bits per heavy atom. The minimum Gasteiger partial charge on any atom is -0.464 e. The average Bonchev–Trinajstić information content (AvgIpc) is 2.64. The smallest absolute Gasteiger partial charge is 0.124 e. The summed E-state index contributed by atoms with van der Waals surface area (Å²) in [7, 11) is 0. The zero-order valence-corrected chi connectivity index (χ0v) is 7.26. The van der Waals surface area contributed by atoms with Crippen LogP contribution in [0.25, 0.3) is 0 Å². The normalized spacial score (nSPS) is 29.3. The maximum absolute atomic E-state index is 6.11. The van der Waals surface area contributed by atoms with Gasteiger partial charge in [-0.2, -0.15) is 0 Å². The van der Waals surface area contributed by atoms with Gasteiger partial charge in [0.1, 0.15) is 11.5 Å². The van der Waals surface area contributed by atoms with Crippen LogP contribution in [0.1, 0.15) is 36.0 Å². The Hall–Kier alpha value is -0.760. The van der Waals surface area contributed by atoms with E-state index in [-0.39, 0.29) is 6.04 Å². The lowest BCUT2D eigenvalue weighted by Crippen LogP contribution is -2.17. The summed E-state index contributed by atoms with van der Waals surface area (Å²) >= 11 is 0. The van der Waals surface area contributed by atoms with Crippen molar-refractivity contribution in [2.45, 2.75) is 32.2 Å². The highest BCUT2D eigenvalue weighted by atomic mass is 16.3. The van der Waals surface area contributed by atoms with E-state index in [1.54, 1.807) is 0 Å². The molecule has 1 heterocycles. The van der Waals surface area contributed by atoms with Crippen LogP contribution in [0.5, 0.6) is 0 Å². The number of aryl methyl sites for hydroxylation is 1. The summed E-state index contributed by atoms with van der Waals surface area (Å²) in [5.74, 6) is 2.07. The van der Waals surface area contributed by atoms with E-state index in [4.69, 9.17) is 10.2 Å². The fraction of sp³-hybridized carbons (Fsp3) is 0.600. The quantitative estimate of drug-likeness (QED) is 0.634. The third kappa shape index (κ3) is 0.643. The van der Waals surface area contributed by atoms with Crippen LogP contribution in [0.2, 0.25) is 0 Å². The summed E-state index contributed by atoms with van der Waals surface area (Å²) < 4.78 is 5.59. The maximum Gasteiger partial charge on any atom is 0.124 e. The van der Waals surface area contributed by atoms with Crippen molar-refractivity contribution in [2.75, 3.05) is 0 Å². The molecule has 0 bridgehead atoms. The summed E-state index contributed by atoms with van der Waals surface area (Å²) in [5, 5.41) is 0. The van der Waals surface area contributed by atoms with Gasteiger partial charge in [0.2, 0.25) is 0 Å². The van der Waals surface area contributed by atoms with E-state index in [9.17, 15) is 0 Å². The van der Waals surface area contributed by atoms with Gasteiger partial charge in [-0.25, -0.2) is 0 Å². The number of hydrogen-bond acceptors (Lipinski definition) is 2. The van der Waals surface area contributed by atoms with Crippen molar-refractivity contribution in [1.82, 2.24) is 0 Å². The zero-order valence-electron chi connectivity index (χ0n) is 7.26. The Morgan fingerprint density at radius 1 is 1.58 bits per heavy atom. The molecule has 0 aliphatic heterocycles. The molecule has 2 N–H and O–H groups in total. The molecular formula is C10H13NO. The third-order valence-electron chi connectivity index (χ3n) is 3.34. The lowest BCUT2D eigenvalue weighted by atomic mass is 10.00. The number of hydrogen-bond donors (Lipinski definition) is 1. The van der Waals surface area contributed by atoms with Gasteiger partial charge in [0.25, 0.3) is 0 Å². The molecule has 12 heavy (non-hydrogen) atoms. The maximum atomic E-state index is 6.11. The summed E-state index contributed by atoms with van der Waals surface area (Å²) in [6.45, 7) is 1.99. The molecule has 0 radical (unpaired) electrons. The van der Waals surface area contributed by atoms with Crippen molar-refractivity contribution in [3.05, 3.63) is 23.2 Å². The van der Waals surface area contributed by atoms with Crippen LogP contribution in [0, 0.1) is 12.3 Å². The Kier molecular flexibility index (Phi) is 0.990. The van der Waals surface area contributed by atoms with Crippen LogP contribution < -0.4 is 5.73 Å². The fourth-order valence-electron chi connectivity index (χ4n) is 2.40. The van der Waals surface area contributed by atoms with Crippen LogP contribution in [0.15, 0.2) is 10.5 Å². The highest BCUT2D eigenvalue weighted by Crippen LogP contribution is 2.61. The molecule has 2 heteroatoms. The lowest BCUT2D eigenvalue weighted by molar-refractivity contribution is 0.373. The van der Waals surface area contributed by atoms with Gasteiger partial charge in [-0.3, -0.25) is 0 Å². The first kappa shape index (κ1) is 6.72. The molecule has 0 saturated heterocycles. The van der Waals surface area contributed by atoms with Crippen LogP contribution in [0.3, 0.4) is 0 Å². The predicted molar refractivity (Wildman–Crippen MR) is 45.7 cm³/mol. The standard InChI is InChI=1S/C10H13NO/c1-6-4-7-5-10(2-3-10)9(11)8(7)12-6/h4,9H,2-3,5,11H2,1H3. The molecule has 1 atom stereocenters. The van der Waals surface area contributed by atoms with Gasteiger partial charge in [0.05, 0.1) is 6.04 Å². The number of rotatable bonds is 0. The molecule has 0 amide bonds. The lowest BCUT2D eigenvalue weighted by Gasteiger charge is -2.11. The van der Waals surface area contributed by atoms with Gasteiger partial charge in [-0.05, 0) is 43.2 Å². The van der Waals surface area contributed by atoms with Gasteiger partial charge >= 0.3 is 0 Å². The highest BCUT2D eigenvalue weighted by Gasteiger charge is 2.54. The van der Waals surface area contributed by atoms with Gasteiger partial charge < -0.3 is 10.2 Å². The molecule has 2 aliphatic carbocycles. The molecule has 1 fully saturated rings. The molecule has 0 aromatic carbocycles. The Morgan fingerprint density at radius 2 is 2.33 bits per heavy atom. The molecule has 1 unspecified atom stereocenters. The van der Waals surface area contributed by atoms with Gasteiger partial charge in [0.15, 0.2) is 0 Å². The number of nitrogens with two attached hydrogens (primary N) is 1. The SMILES string of the molecule is Cc1cc2c(o1)C(N)C1(CC1)C2. The first-order valence-electron chi connectivity index (χ1n) is 4.56. The highest BCUT2D eigenvalue weighted by molar-refractivity contribution is 5.35. The van der Waals surface area contributed by atoms with Crippen LogP contribution >= 0.6 is 0 Å². The predicted octanol–water partition coefficient (Wildman–Crippen LogP) is 1.92. The van der Waals surface area contributed by atoms with Crippen molar-refractivity contribution >= 4 is 0 Å². The molecule has 1 aromatic rings. The van der Waals surface area contributed by atoms with Crippen molar-refractivity contribution in [3.8, 4) is 0 Å². The Labute approximate surface area is 71.7 Å². The molecule has 64 valence electrons. The van der Waals surface area contributed by atoms with E-state index >= 15 is 0 Å². The molecule has 1 aromatic heterocycles. The molecule has 2 aliphatic rings. The minimum absolute atomic E-state index is 0.182. The van der Waals surface area contributed by atoms with Crippen molar-refractivity contribution in [1.29, 1.82) is 0 Å². The average molecular weight is 163 g/mol. The van der Waals surface area contributed by atoms with Crippen molar-refractivity contribution in [3.63, 3.8) is 0 Å². The second kappa shape index (κ2) is 1.77. The number of fused-ring (bicyclic) bond motifs is 1. The van der Waals surface area contributed by atoms with E-state index < -0.39 is 0 Å². The third-order valence-corrected chi connectivity index (χ3v) is 3.34. The number of furan rings is 1. The van der Waals surface area contributed by atoms with Crippen molar-refractivity contribution < 1.29 is 4.42 Å².